The van der Waals surface area contributed by atoms with E-state index in [0.29, 0.717) is 30.1 Å². The van der Waals surface area contributed by atoms with Crippen molar-refractivity contribution in [2.24, 2.45) is 0 Å². The van der Waals surface area contributed by atoms with Crippen molar-refractivity contribution >= 4 is 11.6 Å². The van der Waals surface area contributed by atoms with Gasteiger partial charge in [-0.3, -0.25) is 0 Å². The topological polar surface area (TPSA) is 65.7 Å². The van der Waals surface area contributed by atoms with Crippen LogP contribution in [0, 0.1) is 6.92 Å². The maximum Gasteiger partial charge on any atom is 0.341 e. The van der Waals surface area contributed by atoms with E-state index in [1.54, 1.807) is 24.6 Å². The first-order chi connectivity index (χ1) is 11.6. The monoisotopic (exact) mass is 325 g/mol. The predicted molar refractivity (Wildman–Crippen MR) is 90.3 cm³/mol. The summed E-state index contributed by atoms with van der Waals surface area (Å²) in [4.78, 5) is 16.4. The fraction of sp³-hybridized carbons (Fsp3) is 0.278. The average Bonchev–Trinajstić information content (AvgIpc) is 2.98. The van der Waals surface area contributed by atoms with Crippen molar-refractivity contribution in [2.45, 2.75) is 20.8 Å². The molecule has 2 aromatic heterocycles. The van der Waals surface area contributed by atoms with Gasteiger partial charge < -0.3 is 9.47 Å². The van der Waals surface area contributed by atoms with Crippen LogP contribution >= 0.6 is 0 Å². The van der Waals surface area contributed by atoms with Crippen LogP contribution in [0.4, 0.5) is 0 Å². The Balaban J connectivity index is 1.97. The van der Waals surface area contributed by atoms with Crippen LogP contribution in [-0.4, -0.2) is 33.8 Å². The first kappa shape index (κ1) is 16.0. The molecule has 6 nitrogen and oxygen atoms in total. The number of carbonyl (C=O) groups is 1. The van der Waals surface area contributed by atoms with Gasteiger partial charge in [0, 0.05) is 17.8 Å². The lowest BCUT2D eigenvalue weighted by atomic mass is 10.1. The molecule has 0 radical (unpaired) electrons. The zero-order chi connectivity index (χ0) is 17.1. The number of hydrogen-bond acceptors (Lipinski definition) is 5. The van der Waals surface area contributed by atoms with Gasteiger partial charge in [-0.05, 0) is 45.0 Å². The number of carbonyl (C=O) groups excluding carboxylic acids is 1. The average molecular weight is 325 g/mol. The van der Waals surface area contributed by atoms with Crippen LogP contribution in [0.2, 0.25) is 0 Å². The number of esters is 1. The van der Waals surface area contributed by atoms with Gasteiger partial charge in [-0.2, -0.15) is 5.10 Å². The van der Waals surface area contributed by atoms with E-state index in [1.807, 2.05) is 37.3 Å². The Kier molecular flexibility index (Phi) is 4.46. The Hall–Kier alpha value is -2.89. The van der Waals surface area contributed by atoms with Crippen molar-refractivity contribution < 1.29 is 14.3 Å². The second-order valence-electron chi connectivity index (χ2n) is 5.25. The van der Waals surface area contributed by atoms with E-state index in [9.17, 15) is 4.79 Å². The molecule has 0 aliphatic rings. The molecule has 0 spiro atoms. The van der Waals surface area contributed by atoms with Crippen LogP contribution in [-0.2, 0) is 4.74 Å². The smallest absolute Gasteiger partial charge is 0.341 e. The molecule has 0 unspecified atom stereocenters. The van der Waals surface area contributed by atoms with Crippen molar-refractivity contribution in [2.75, 3.05) is 13.2 Å². The minimum atomic E-state index is -0.387. The highest BCUT2D eigenvalue weighted by atomic mass is 16.5. The molecule has 0 amide bonds. The molecule has 6 heteroatoms. The molecule has 24 heavy (non-hydrogen) atoms. The minimum Gasteiger partial charge on any atom is -0.494 e. The van der Waals surface area contributed by atoms with Crippen LogP contribution in [0.15, 0.2) is 36.5 Å². The van der Waals surface area contributed by atoms with E-state index in [-0.39, 0.29) is 5.97 Å². The largest absolute Gasteiger partial charge is 0.494 e. The van der Waals surface area contributed by atoms with Crippen molar-refractivity contribution in [3.05, 3.63) is 47.8 Å². The van der Waals surface area contributed by atoms with Crippen LogP contribution in [0.5, 0.6) is 5.75 Å². The molecule has 0 atom stereocenters. The van der Waals surface area contributed by atoms with E-state index >= 15 is 0 Å². The van der Waals surface area contributed by atoms with Crippen LogP contribution < -0.4 is 4.74 Å². The van der Waals surface area contributed by atoms with Crippen molar-refractivity contribution in [1.82, 2.24) is 14.6 Å². The standard InChI is InChI=1S/C18H19N3O3/c1-4-23-14-8-6-13(7-9-14)16-10-17-19-12(3)15(11-21(17)20-16)18(22)24-5-2/h6-11H,4-5H2,1-3H3. The number of hydrogen-bond donors (Lipinski definition) is 0. The number of rotatable bonds is 5. The van der Waals surface area contributed by atoms with E-state index < -0.39 is 0 Å². The van der Waals surface area contributed by atoms with Gasteiger partial charge in [0.25, 0.3) is 0 Å². The van der Waals surface area contributed by atoms with Crippen molar-refractivity contribution in [3.8, 4) is 17.0 Å². The van der Waals surface area contributed by atoms with Gasteiger partial charge in [0.2, 0.25) is 0 Å². The number of ether oxygens (including phenoxy) is 2. The Labute approximate surface area is 140 Å². The van der Waals surface area contributed by atoms with Gasteiger partial charge in [-0.15, -0.1) is 0 Å². The van der Waals surface area contributed by atoms with Gasteiger partial charge in [0.1, 0.15) is 5.75 Å². The third-order valence-corrected chi connectivity index (χ3v) is 3.60. The highest BCUT2D eigenvalue weighted by Crippen LogP contribution is 2.23. The molecule has 0 fully saturated rings. The van der Waals surface area contributed by atoms with Gasteiger partial charge in [-0.25, -0.2) is 14.3 Å². The quantitative estimate of drug-likeness (QED) is 0.674. The molecule has 0 saturated carbocycles. The SMILES string of the molecule is CCOC(=O)c1cn2nc(-c3ccc(OCC)cc3)cc2nc1C. The molecular weight excluding hydrogens is 306 g/mol. The van der Waals surface area contributed by atoms with E-state index in [1.165, 1.54) is 0 Å². The van der Waals surface area contributed by atoms with Gasteiger partial charge in [0.05, 0.1) is 30.2 Å². The summed E-state index contributed by atoms with van der Waals surface area (Å²) in [7, 11) is 0. The number of aromatic nitrogens is 3. The highest BCUT2D eigenvalue weighted by Gasteiger charge is 2.14. The molecule has 0 aliphatic carbocycles. The number of nitrogens with zero attached hydrogens (tertiary/aromatic N) is 3. The summed E-state index contributed by atoms with van der Waals surface area (Å²) < 4.78 is 12.1. The van der Waals surface area contributed by atoms with Gasteiger partial charge in [-0.1, -0.05) is 0 Å². The third kappa shape index (κ3) is 3.08. The van der Waals surface area contributed by atoms with E-state index in [2.05, 4.69) is 10.1 Å². The minimum absolute atomic E-state index is 0.326. The summed E-state index contributed by atoms with van der Waals surface area (Å²) in [6, 6.07) is 9.60. The molecule has 0 N–H and O–H groups in total. The Morgan fingerprint density at radius 3 is 2.58 bits per heavy atom. The van der Waals surface area contributed by atoms with Gasteiger partial charge >= 0.3 is 5.97 Å². The molecule has 0 bridgehead atoms. The van der Waals surface area contributed by atoms with E-state index in [4.69, 9.17) is 9.47 Å². The number of benzene rings is 1. The van der Waals surface area contributed by atoms with E-state index in [0.717, 1.165) is 17.0 Å². The molecule has 0 aliphatic heterocycles. The highest BCUT2D eigenvalue weighted by molar-refractivity contribution is 5.90. The predicted octanol–water partition coefficient (Wildman–Crippen LogP) is 3.28. The maximum atomic E-state index is 12.0. The Morgan fingerprint density at radius 2 is 1.92 bits per heavy atom. The molecule has 3 aromatic rings. The zero-order valence-electron chi connectivity index (χ0n) is 13.9. The number of fused-ring (bicyclic) bond motifs is 1. The summed E-state index contributed by atoms with van der Waals surface area (Å²) in [5, 5.41) is 4.51. The van der Waals surface area contributed by atoms with Crippen LogP contribution in [0.3, 0.4) is 0 Å². The Bertz CT molecular complexity index is 869. The lowest BCUT2D eigenvalue weighted by Crippen LogP contribution is -2.10. The molecule has 1 aromatic carbocycles. The van der Waals surface area contributed by atoms with Crippen LogP contribution in [0.1, 0.15) is 29.9 Å². The lowest BCUT2D eigenvalue weighted by Gasteiger charge is -2.04. The normalized spacial score (nSPS) is 10.8. The summed E-state index contributed by atoms with van der Waals surface area (Å²) in [6.07, 6.45) is 1.66. The summed E-state index contributed by atoms with van der Waals surface area (Å²) in [5.74, 6) is 0.436. The molecule has 124 valence electrons. The summed E-state index contributed by atoms with van der Waals surface area (Å²) in [6.45, 7) is 6.47. The zero-order valence-corrected chi connectivity index (χ0v) is 13.9. The molecule has 0 saturated heterocycles. The second kappa shape index (κ2) is 6.70. The molecule has 3 rings (SSSR count). The first-order valence-electron chi connectivity index (χ1n) is 7.89. The third-order valence-electron chi connectivity index (χ3n) is 3.60. The lowest BCUT2D eigenvalue weighted by molar-refractivity contribution is 0.0524. The molecular formula is C18H19N3O3. The number of aryl methyl sites for hydroxylation is 1. The van der Waals surface area contributed by atoms with Crippen molar-refractivity contribution in [3.63, 3.8) is 0 Å². The fourth-order valence-corrected chi connectivity index (χ4v) is 2.45. The second-order valence-corrected chi connectivity index (χ2v) is 5.25. The fourth-order valence-electron chi connectivity index (χ4n) is 2.45. The maximum absolute atomic E-state index is 12.0. The first-order valence-corrected chi connectivity index (χ1v) is 7.89. The summed E-state index contributed by atoms with van der Waals surface area (Å²) in [5.41, 5.74) is 3.47. The van der Waals surface area contributed by atoms with Crippen LogP contribution in [0.25, 0.3) is 16.9 Å². The molecule has 2 heterocycles. The summed E-state index contributed by atoms with van der Waals surface area (Å²) >= 11 is 0. The Morgan fingerprint density at radius 1 is 1.17 bits per heavy atom. The van der Waals surface area contributed by atoms with Gasteiger partial charge in [0.15, 0.2) is 5.65 Å². The van der Waals surface area contributed by atoms with Crippen molar-refractivity contribution in [1.29, 1.82) is 0 Å².